The second kappa shape index (κ2) is 14.5. The maximum Gasteiger partial charge on any atom is 0.419 e. The van der Waals surface area contributed by atoms with Crippen LogP contribution in [0, 0.1) is 0 Å². The Labute approximate surface area is 307 Å². The molecule has 0 amide bonds. The van der Waals surface area contributed by atoms with Crippen LogP contribution < -0.4 is 9.47 Å². The van der Waals surface area contributed by atoms with Crippen molar-refractivity contribution in [3.8, 4) is 78.8 Å². The monoisotopic (exact) mass is 732 g/mol. The molecule has 0 aliphatic heterocycles. The van der Waals surface area contributed by atoms with Gasteiger partial charge in [0, 0.05) is 22.3 Å². The summed E-state index contributed by atoms with van der Waals surface area (Å²) in [7, 11) is 3.00. The molecule has 2 aromatic heterocycles. The predicted molar refractivity (Wildman–Crippen MR) is 198 cm³/mol. The fourth-order valence-corrected chi connectivity index (χ4v) is 6.40. The van der Waals surface area contributed by atoms with Crippen molar-refractivity contribution in [1.29, 1.82) is 0 Å². The van der Waals surface area contributed by atoms with Crippen LogP contribution in [0.2, 0.25) is 0 Å². The molecule has 0 N–H and O–H groups in total. The van der Waals surface area contributed by atoms with Gasteiger partial charge in [0.2, 0.25) is 0 Å². The number of ether oxygens (including phenoxy) is 2. The van der Waals surface area contributed by atoms with E-state index in [1.54, 1.807) is 84.9 Å². The SMILES string of the molecule is COc1ccc(-c2cc(-c3cccc(-c4cc(-c5ccc(OC)cc5)nc(-c5ccccc5)c4C(F)(F)F)c3)c(C(F)(F)F)c(-c3ccccc3)n2)cc1. The molecule has 0 saturated carbocycles. The molecule has 0 spiro atoms. The maximum atomic E-state index is 15.3. The minimum Gasteiger partial charge on any atom is -0.497 e. The average molecular weight is 733 g/mol. The number of aromatic nitrogens is 2. The third kappa shape index (κ3) is 7.28. The fraction of sp³-hybridized carbons (Fsp3) is 0.0909. The van der Waals surface area contributed by atoms with Crippen LogP contribution in [0.5, 0.6) is 11.5 Å². The topological polar surface area (TPSA) is 44.2 Å². The van der Waals surface area contributed by atoms with Gasteiger partial charge >= 0.3 is 12.4 Å². The Morgan fingerprint density at radius 1 is 0.389 bits per heavy atom. The molecule has 2 heterocycles. The number of hydrogen-bond acceptors (Lipinski definition) is 4. The Bertz CT molecular complexity index is 2240. The molecule has 0 unspecified atom stereocenters. The third-order valence-electron chi connectivity index (χ3n) is 8.96. The van der Waals surface area contributed by atoms with Gasteiger partial charge in [-0.15, -0.1) is 0 Å². The van der Waals surface area contributed by atoms with Gasteiger partial charge in [-0.25, -0.2) is 9.97 Å². The highest BCUT2D eigenvalue weighted by Crippen LogP contribution is 2.47. The summed E-state index contributed by atoms with van der Waals surface area (Å²) >= 11 is 0. The molecule has 54 heavy (non-hydrogen) atoms. The van der Waals surface area contributed by atoms with Gasteiger partial charge in [-0.05, 0) is 89.0 Å². The van der Waals surface area contributed by atoms with E-state index in [9.17, 15) is 0 Å². The fourth-order valence-electron chi connectivity index (χ4n) is 6.40. The van der Waals surface area contributed by atoms with Crippen LogP contribution in [0.4, 0.5) is 26.3 Å². The van der Waals surface area contributed by atoms with Gasteiger partial charge in [0.15, 0.2) is 0 Å². The number of alkyl halides is 6. The Balaban J connectivity index is 1.51. The first kappa shape index (κ1) is 36.0. The number of hydrogen-bond donors (Lipinski definition) is 0. The van der Waals surface area contributed by atoms with Crippen LogP contribution in [0.3, 0.4) is 0 Å². The van der Waals surface area contributed by atoms with Crippen molar-refractivity contribution in [3.63, 3.8) is 0 Å². The Hall–Kier alpha value is -6.42. The minimum absolute atomic E-state index is 0.0476. The smallest absolute Gasteiger partial charge is 0.419 e. The normalized spacial score (nSPS) is 11.7. The number of methoxy groups -OCH3 is 2. The minimum atomic E-state index is -4.89. The number of pyridine rings is 2. The average Bonchev–Trinajstić information content (AvgIpc) is 3.20. The summed E-state index contributed by atoms with van der Waals surface area (Å²) in [6.45, 7) is 0. The van der Waals surface area contributed by atoms with Gasteiger partial charge in [-0.2, -0.15) is 26.3 Å². The number of nitrogens with zero attached hydrogens (tertiary/aromatic N) is 2. The molecular weight excluding hydrogens is 702 g/mol. The first-order chi connectivity index (χ1) is 25.9. The molecule has 0 bridgehead atoms. The molecule has 10 heteroatoms. The number of rotatable bonds is 8. The van der Waals surface area contributed by atoms with E-state index in [1.165, 1.54) is 74.9 Å². The molecule has 0 aliphatic carbocycles. The van der Waals surface area contributed by atoms with Crippen molar-refractivity contribution in [2.75, 3.05) is 14.2 Å². The van der Waals surface area contributed by atoms with E-state index in [0.29, 0.717) is 22.6 Å². The standard InChI is InChI=1S/C44H30F6N2O2/c1-53-33-20-16-27(17-21-33)37-25-35(39(43(45,46)47)41(51-37)29-10-5-3-6-11-29)31-14-9-15-32(24-31)36-26-38(28-18-22-34(54-2)23-19-28)52-42(40(36)44(48,49)50)30-12-7-4-8-13-30/h3-26H,1-2H3. The molecule has 5 aromatic carbocycles. The van der Waals surface area contributed by atoms with Crippen molar-refractivity contribution < 1.29 is 35.8 Å². The molecule has 0 fully saturated rings. The van der Waals surface area contributed by atoms with Crippen LogP contribution in [-0.2, 0) is 12.4 Å². The van der Waals surface area contributed by atoms with Crippen molar-refractivity contribution in [1.82, 2.24) is 9.97 Å². The quantitative estimate of drug-likeness (QED) is 0.146. The highest BCUT2D eigenvalue weighted by atomic mass is 19.4. The summed E-state index contributed by atoms with van der Waals surface area (Å²) in [4.78, 5) is 9.05. The Morgan fingerprint density at radius 2 is 0.741 bits per heavy atom. The molecule has 7 aromatic rings. The first-order valence-corrected chi connectivity index (χ1v) is 16.7. The summed E-state index contributed by atoms with van der Waals surface area (Å²) < 4.78 is 102. The molecule has 0 aliphatic rings. The van der Waals surface area contributed by atoms with Crippen LogP contribution in [0.15, 0.2) is 146 Å². The van der Waals surface area contributed by atoms with Gasteiger partial charge in [0.1, 0.15) is 11.5 Å². The Kier molecular flexibility index (Phi) is 9.68. The van der Waals surface area contributed by atoms with Crippen LogP contribution in [0.1, 0.15) is 11.1 Å². The molecular formula is C44H30F6N2O2. The summed E-state index contributed by atoms with van der Waals surface area (Å²) in [5.41, 5.74) is -1.10. The van der Waals surface area contributed by atoms with Gasteiger partial charge in [-0.1, -0.05) is 78.9 Å². The second-order valence-electron chi connectivity index (χ2n) is 12.3. The zero-order chi connectivity index (χ0) is 38.0. The van der Waals surface area contributed by atoms with Crippen LogP contribution >= 0.6 is 0 Å². The van der Waals surface area contributed by atoms with E-state index < -0.39 is 23.5 Å². The molecule has 0 radical (unpaired) electrons. The lowest BCUT2D eigenvalue weighted by Crippen LogP contribution is -2.12. The largest absolute Gasteiger partial charge is 0.497 e. The lowest BCUT2D eigenvalue weighted by Gasteiger charge is -2.21. The summed E-state index contributed by atoms with van der Waals surface area (Å²) in [6.07, 6.45) is -9.78. The maximum absolute atomic E-state index is 15.3. The Morgan fingerprint density at radius 3 is 1.07 bits per heavy atom. The highest BCUT2D eigenvalue weighted by molar-refractivity contribution is 5.87. The predicted octanol–water partition coefficient (Wildman–Crippen LogP) is 12.5. The van der Waals surface area contributed by atoms with E-state index >= 15 is 26.3 Å². The molecule has 270 valence electrons. The van der Waals surface area contributed by atoms with Gasteiger partial charge in [0.25, 0.3) is 0 Å². The van der Waals surface area contributed by atoms with E-state index in [1.807, 2.05) is 0 Å². The van der Waals surface area contributed by atoms with E-state index in [4.69, 9.17) is 9.47 Å². The van der Waals surface area contributed by atoms with Gasteiger partial charge < -0.3 is 9.47 Å². The lowest BCUT2D eigenvalue weighted by atomic mass is 9.89. The number of halogens is 6. The summed E-state index contributed by atoms with van der Waals surface area (Å²) in [5, 5.41) is 0. The zero-order valence-electron chi connectivity index (χ0n) is 28.8. The molecule has 4 nitrogen and oxygen atoms in total. The van der Waals surface area contributed by atoms with Crippen molar-refractivity contribution in [2.45, 2.75) is 12.4 Å². The van der Waals surface area contributed by atoms with E-state index in [0.717, 1.165) is 0 Å². The second-order valence-corrected chi connectivity index (χ2v) is 12.3. The summed E-state index contributed by atoms with van der Waals surface area (Å²) in [6, 6.07) is 37.8. The molecule has 0 atom stereocenters. The zero-order valence-corrected chi connectivity index (χ0v) is 28.8. The van der Waals surface area contributed by atoms with E-state index in [2.05, 4.69) is 9.97 Å². The van der Waals surface area contributed by atoms with Crippen LogP contribution in [-0.4, -0.2) is 24.2 Å². The van der Waals surface area contributed by atoms with Crippen LogP contribution in [0.25, 0.3) is 67.3 Å². The molecule has 7 rings (SSSR count). The number of benzene rings is 5. The lowest BCUT2D eigenvalue weighted by molar-refractivity contribution is -0.137. The van der Waals surface area contributed by atoms with Crippen molar-refractivity contribution >= 4 is 0 Å². The van der Waals surface area contributed by atoms with Crippen molar-refractivity contribution in [2.24, 2.45) is 0 Å². The summed E-state index contributed by atoms with van der Waals surface area (Å²) in [5.74, 6) is 1.09. The van der Waals surface area contributed by atoms with Crippen molar-refractivity contribution in [3.05, 3.63) is 157 Å². The highest BCUT2D eigenvalue weighted by Gasteiger charge is 2.40. The first-order valence-electron chi connectivity index (χ1n) is 16.7. The van der Waals surface area contributed by atoms with E-state index in [-0.39, 0.29) is 56.2 Å². The third-order valence-corrected chi connectivity index (χ3v) is 8.96. The molecule has 0 saturated heterocycles. The van der Waals surface area contributed by atoms with Gasteiger partial charge in [-0.3, -0.25) is 0 Å². The van der Waals surface area contributed by atoms with Gasteiger partial charge in [0.05, 0.1) is 48.1 Å².